The molecule has 2 nitrogen and oxygen atoms in total. The molecule has 1 N–H and O–H groups in total. The summed E-state index contributed by atoms with van der Waals surface area (Å²) in [5.41, 5.74) is 0. The Kier molecular flexibility index (Phi) is 5.09. The minimum absolute atomic E-state index is 0.166. The van der Waals surface area contributed by atoms with E-state index in [-0.39, 0.29) is 18.1 Å². The molecular weight excluding hydrogens is 191 g/mol. The van der Waals surface area contributed by atoms with Crippen molar-refractivity contribution in [3.8, 4) is 6.07 Å². The molecule has 0 aromatic heterocycles. The van der Waals surface area contributed by atoms with Gasteiger partial charge in [0.2, 0.25) is 0 Å². The van der Waals surface area contributed by atoms with Gasteiger partial charge in [0.1, 0.15) is 0 Å². The van der Waals surface area contributed by atoms with Crippen LogP contribution in [-0.2, 0) is 0 Å². The van der Waals surface area contributed by atoms with Gasteiger partial charge in [0, 0.05) is 11.5 Å². The predicted molar refractivity (Wildman–Crippen MR) is 39.6 cm³/mol. The summed E-state index contributed by atoms with van der Waals surface area (Å²) in [6.45, 7) is -0.166. The lowest BCUT2D eigenvalue weighted by atomic mass is 10.2. The van der Waals surface area contributed by atoms with Crippen LogP contribution in [0.5, 0.6) is 0 Å². The minimum Gasteiger partial charge on any atom is -0.396 e. The summed E-state index contributed by atoms with van der Waals surface area (Å²) in [4.78, 5) is 0. The van der Waals surface area contributed by atoms with Gasteiger partial charge in [0.05, 0.1) is 12.7 Å². The molecule has 1 atom stereocenters. The second kappa shape index (κ2) is 5.27. The van der Waals surface area contributed by atoms with Gasteiger partial charge in [-0.05, 0) is 0 Å². The second-order valence-corrected chi connectivity index (χ2v) is 3.17. The minimum atomic E-state index is -4.45. The molecule has 0 amide bonds. The fourth-order valence-electron chi connectivity index (χ4n) is 0.471. The topological polar surface area (TPSA) is 44.0 Å². The largest absolute Gasteiger partial charge is 0.405 e. The van der Waals surface area contributed by atoms with E-state index in [1.54, 1.807) is 0 Å². The zero-order valence-corrected chi connectivity index (χ0v) is 6.95. The van der Waals surface area contributed by atoms with Gasteiger partial charge in [0.15, 0.2) is 5.92 Å². The highest BCUT2D eigenvalue weighted by Crippen LogP contribution is 2.28. The van der Waals surface area contributed by atoms with Gasteiger partial charge < -0.3 is 5.11 Å². The first-order chi connectivity index (χ1) is 5.52. The molecule has 70 valence electrons. The lowest BCUT2D eigenvalue weighted by Gasteiger charge is -2.11. The number of nitriles is 1. The normalized spacial score (nSPS) is 13.9. The van der Waals surface area contributed by atoms with Crippen LogP contribution in [0.4, 0.5) is 13.2 Å². The summed E-state index contributed by atoms with van der Waals surface area (Å²) in [7, 11) is 0. The van der Waals surface area contributed by atoms with Crippen molar-refractivity contribution in [3.63, 3.8) is 0 Å². The Balaban J connectivity index is 3.79. The highest BCUT2D eigenvalue weighted by molar-refractivity contribution is 7.99. The smallest absolute Gasteiger partial charge is 0.396 e. The van der Waals surface area contributed by atoms with E-state index in [2.05, 4.69) is 0 Å². The van der Waals surface area contributed by atoms with Crippen molar-refractivity contribution in [2.75, 3.05) is 18.1 Å². The number of hydrogen-bond donors (Lipinski definition) is 1. The van der Waals surface area contributed by atoms with E-state index in [1.165, 1.54) is 6.07 Å². The first kappa shape index (κ1) is 11.6. The molecule has 0 bridgehead atoms. The summed E-state index contributed by atoms with van der Waals surface area (Å²) in [6.07, 6.45) is -4.45. The molecule has 0 heterocycles. The van der Waals surface area contributed by atoms with Gasteiger partial charge in [0.25, 0.3) is 0 Å². The van der Waals surface area contributed by atoms with Gasteiger partial charge in [-0.3, -0.25) is 0 Å². The van der Waals surface area contributed by atoms with Crippen molar-refractivity contribution < 1.29 is 18.3 Å². The Labute approximate surface area is 72.4 Å². The third-order valence-electron chi connectivity index (χ3n) is 1.07. The van der Waals surface area contributed by atoms with Crippen molar-refractivity contribution in [1.82, 2.24) is 0 Å². The van der Waals surface area contributed by atoms with E-state index >= 15 is 0 Å². The van der Waals surface area contributed by atoms with E-state index in [4.69, 9.17) is 10.4 Å². The molecule has 0 aliphatic rings. The Hall–Kier alpha value is -0.410. The van der Waals surface area contributed by atoms with Crippen molar-refractivity contribution in [2.24, 2.45) is 5.92 Å². The summed E-state index contributed by atoms with van der Waals surface area (Å²) in [5.74, 6) is -2.00. The molecule has 6 heteroatoms. The Morgan fingerprint density at radius 1 is 1.50 bits per heavy atom. The van der Waals surface area contributed by atoms with Crippen molar-refractivity contribution in [2.45, 2.75) is 6.18 Å². The maximum absolute atomic E-state index is 11.8. The average Bonchev–Trinajstić information content (AvgIpc) is 1.95. The van der Waals surface area contributed by atoms with E-state index in [0.29, 0.717) is 0 Å². The second-order valence-electron chi connectivity index (χ2n) is 2.02. The zero-order valence-electron chi connectivity index (χ0n) is 6.14. The summed E-state index contributed by atoms with van der Waals surface area (Å²) in [5, 5.41) is 16.4. The Bertz CT molecular complexity index is 165. The maximum atomic E-state index is 11.8. The van der Waals surface area contributed by atoms with Gasteiger partial charge in [-0.1, -0.05) is 0 Å². The SMILES string of the molecule is N#CC(CSCCO)C(F)(F)F. The molecule has 0 saturated heterocycles. The van der Waals surface area contributed by atoms with Crippen molar-refractivity contribution >= 4 is 11.8 Å². The molecule has 1 unspecified atom stereocenters. The van der Waals surface area contributed by atoms with E-state index in [9.17, 15) is 13.2 Å². The maximum Gasteiger partial charge on any atom is 0.405 e. The highest BCUT2D eigenvalue weighted by atomic mass is 32.2. The molecule has 0 rings (SSSR count). The molecule has 12 heavy (non-hydrogen) atoms. The molecule has 0 aromatic rings. The van der Waals surface area contributed by atoms with Crippen LogP contribution in [0, 0.1) is 17.2 Å². The lowest BCUT2D eigenvalue weighted by Crippen LogP contribution is -2.23. The fraction of sp³-hybridized carbons (Fsp3) is 0.833. The monoisotopic (exact) mass is 199 g/mol. The number of halogens is 3. The number of hydrogen-bond acceptors (Lipinski definition) is 3. The van der Waals surface area contributed by atoms with Gasteiger partial charge in [-0.2, -0.15) is 30.2 Å². The van der Waals surface area contributed by atoms with Crippen LogP contribution in [-0.4, -0.2) is 29.4 Å². The first-order valence-electron chi connectivity index (χ1n) is 3.17. The first-order valence-corrected chi connectivity index (χ1v) is 4.32. The Morgan fingerprint density at radius 3 is 2.42 bits per heavy atom. The molecule has 0 fully saturated rings. The standard InChI is InChI=1S/C6H8F3NOS/c7-6(8,9)5(3-10)4-12-2-1-11/h5,11H,1-2,4H2. The van der Waals surface area contributed by atoms with Gasteiger partial charge in [-0.15, -0.1) is 0 Å². The van der Waals surface area contributed by atoms with Crippen LogP contribution in [0.25, 0.3) is 0 Å². The third kappa shape index (κ3) is 4.46. The van der Waals surface area contributed by atoms with Gasteiger partial charge >= 0.3 is 6.18 Å². The number of nitrogens with zero attached hydrogens (tertiary/aromatic N) is 1. The number of alkyl halides is 3. The summed E-state index contributed by atoms with van der Waals surface area (Å²) >= 11 is 0.920. The fourth-order valence-corrected chi connectivity index (χ4v) is 1.27. The number of rotatable bonds is 4. The van der Waals surface area contributed by atoms with Crippen LogP contribution in [0.15, 0.2) is 0 Å². The molecule has 0 radical (unpaired) electrons. The Morgan fingerprint density at radius 2 is 2.08 bits per heavy atom. The zero-order chi connectivity index (χ0) is 9.61. The van der Waals surface area contributed by atoms with Crippen LogP contribution < -0.4 is 0 Å². The van der Waals surface area contributed by atoms with E-state index in [0.717, 1.165) is 11.8 Å². The summed E-state index contributed by atoms with van der Waals surface area (Å²) < 4.78 is 35.5. The molecular formula is C6H8F3NOS. The highest BCUT2D eigenvalue weighted by Gasteiger charge is 2.39. The molecule has 0 spiro atoms. The van der Waals surface area contributed by atoms with Crippen LogP contribution in [0.2, 0.25) is 0 Å². The van der Waals surface area contributed by atoms with Crippen molar-refractivity contribution in [1.29, 1.82) is 5.26 Å². The third-order valence-corrected chi connectivity index (χ3v) is 2.11. The van der Waals surface area contributed by atoms with Crippen LogP contribution in [0.1, 0.15) is 0 Å². The van der Waals surface area contributed by atoms with E-state index < -0.39 is 12.1 Å². The number of aliphatic hydroxyl groups is 1. The predicted octanol–water partition coefficient (Wildman–Crippen LogP) is 1.41. The van der Waals surface area contributed by atoms with Crippen molar-refractivity contribution in [3.05, 3.63) is 0 Å². The number of thioether (sulfide) groups is 1. The molecule has 0 saturated carbocycles. The molecule has 0 aromatic carbocycles. The van der Waals surface area contributed by atoms with Crippen LogP contribution >= 0.6 is 11.8 Å². The van der Waals surface area contributed by atoms with Gasteiger partial charge in [-0.25, -0.2) is 0 Å². The lowest BCUT2D eigenvalue weighted by molar-refractivity contribution is -0.152. The molecule has 0 aliphatic heterocycles. The number of aliphatic hydroxyl groups excluding tert-OH is 1. The average molecular weight is 199 g/mol. The summed E-state index contributed by atoms with van der Waals surface area (Å²) in [6, 6.07) is 1.17. The quantitative estimate of drug-likeness (QED) is 0.696. The van der Waals surface area contributed by atoms with E-state index in [1.807, 2.05) is 0 Å². The van der Waals surface area contributed by atoms with Crippen LogP contribution in [0.3, 0.4) is 0 Å². The molecule has 0 aliphatic carbocycles.